The molecular weight excluding hydrogens is 340 g/mol. The number of fused-ring (bicyclic) bond motifs is 1. The van der Waals surface area contributed by atoms with Crippen LogP contribution in [0, 0.1) is 5.92 Å². The number of aromatic nitrogens is 3. The first-order valence-corrected chi connectivity index (χ1v) is 9.38. The van der Waals surface area contributed by atoms with Gasteiger partial charge in [-0.1, -0.05) is 18.2 Å². The van der Waals surface area contributed by atoms with Crippen molar-refractivity contribution in [1.82, 2.24) is 19.7 Å². The number of aliphatic hydroxyl groups excluding tert-OH is 1. The van der Waals surface area contributed by atoms with Crippen LogP contribution < -0.4 is 0 Å². The largest absolute Gasteiger partial charge is 0.391 e. The Bertz CT molecular complexity index is 960. The van der Waals surface area contributed by atoms with Gasteiger partial charge in [0.25, 0.3) is 5.91 Å². The first-order valence-electron chi connectivity index (χ1n) is 9.38. The first-order chi connectivity index (χ1) is 13.0. The second-order valence-corrected chi connectivity index (χ2v) is 7.48. The van der Waals surface area contributed by atoms with Crippen molar-refractivity contribution in [2.24, 2.45) is 5.92 Å². The van der Waals surface area contributed by atoms with Gasteiger partial charge >= 0.3 is 0 Å². The van der Waals surface area contributed by atoms with Crippen molar-refractivity contribution in [3.8, 4) is 0 Å². The summed E-state index contributed by atoms with van der Waals surface area (Å²) in [6.07, 6.45) is 3.65. The highest BCUT2D eigenvalue weighted by Gasteiger charge is 2.35. The van der Waals surface area contributed by atoms with Gasteiger partial charge in [-0.25, -0.2) is 0 Å². The van der Waals surface area contributed by atoms with Crippen LogP contribution in [0.25, 0.3) is 10.9 Å². The molecule has 6 nitrogen and oxygen atoms in total. The van der Waals surface area contributed by atoms with Crippen molar-refractivity contribution in [3.05, 3.63) is 60.0 Å². The smallest absolute Gasteiger partial charge is 0.272 e. The molecule has 3 aromatic rings. The van der Waals surface area contributed by atoms with E-state index in [-0.39, 0.29) is 17.9 Å². The van der Waals surface area contributed by atoms with Crippen LogP contribution in [0.1, 0.15) is 35.9 Å². The maximum Gasteiger partial charge on any atom is 0.272 e. The van der Waals surface area contributed by atoms with Crippen LogP contribution in [-0.4, -0.2) is 49.9 Å². The third-order valence-electron chi connectivity index (χ3n) is 5.29. The van der Waals surface area contributed by atoms with Crippen LogP contribution in [0.3, 0.4) is 0 Å². The molecule has 3 heterocycles. The zero-order valence-electron chi connectivity index (χ0n) is 15.6. The Morgan fingerprint density at radius 3 is 2.81 bits per heavy atom. The number of carbonyl (C=O) groups is 1. The number of aliphatic hydroxyl groups is 1. The average molecular weight is 364 g/mol. The van der Waals surface area contributed by atoms with Gasteiger partial charge in [0.05, 0.1) is 11.6 Å². The fourth-order valence-corrected chi connectivity index (χ4v) is 3.89. The molecule has 1 aliphatic heterocycles. The lowest BCUT2D eigenvalue weighted by atomic mass is 9.94. The third-order valence-corrected chi connectivity index (χ3v) is 5.29. The Hall–Kier alpha value is -2.73. The number of β-amino-alcohol motifs (C(OH)–C–C–N with tert-alkyl or cyclic N) is 1. The molecule has 0 bridgehead atoms. The molecule has 0 spiro atoms. The van der Waals surface area contributed by atoms with Gasteiger partial charge in [0.15, 0.2) is 0 Å². The van der Waals surface area contributed by atoms with Crippen LogP contribution in [0.2, 0.25) is 0 Å². The van der Waals surface area contributed by atoms with Crippen LogP contribution >= 0.6 is 0 Å². The zero-order valence-corrected chi connectivity index (χ0v) is 15.6. The van der Waals surface area contributed by atoms with Crippen molar-refractivity contribution in [1.29, 1.82) is 0 Å². The Morgan fingerprint density at radius 1 is 1.19 bits per heavy atom. The van der Waals surface area contributed by atoms with Gasteiger partial charge in [0, 0.05) is 42.8 Å². The summed E-state index contributed by atoms with van der Waals surface area (Å²) in [5, 5.41) is 15.9. The number of rotatable bonds is 4. The lowest BCUT2D eigenvalue weighted by Gasteiger charge is -2.18. The van der Waals surface area contributed by atoms with Crippen molar-refractivity contribution >= 4 is 16.8 Å². The van der Waals surface area contributed by atoms with Crippen molar-refractivity contribution < 1.29 is 9.90 Å². The standard InChI is InChI=1S/C21H24N4O2/c1-14(2)25-19(8-10-23-25)21(27)24-12-16(20(26)13-24)11-15-7-9-22-18-6-4-3-5-17(15)18/h3-10,14,16,20,26H,11-13H2,1-2H3/t16-,20+/m1/s1. The molecule has 1 N–H and O–H groups in total. The van der Waals surface area contributed by atoms with Crippen LogP contribution in [0.15, 0.2) is 48.8 Å². The van der Waals surface area contributed by atoms with Crippen LogP contribution in [-0.2, 0) is 6.42 Å². The van der Waals surface area contributed by atoms with Crippen molar-refractivity contribution in [2.75, 3.05) is 13.1 Å². The Labute approximate surface area is 158 Å². The highest BCUT2D eigenvalue weighted by molar-refractivity contribution is 5.92. The van der Waals surface area contributed by atoms with Crippen molar-refractivity contribution in [2.45, 2.75) is 32.4 Å². The molecule has 0 radical (unpaired) electrons. The average Bonchev–Trinajstić information content (AvgIpc) is 3.29. The van der Waals surface area contributed by atoms with E-state index in [1.165, 1.54) is 0 Å². The Morgan fingerprint density at radius 2 is 2.00 bits per heavy atom. The summed E-state index contributed by atoms with van der Waals surface area (Å²) < 4.78 is 1.73. The molecule has 1 amide bonds. The van der Waals surface area contributed by atoms with Crippen LogP contribution in [0.4, 0.5) is 0 Å². The molecule has 6 heteroatoms. The number of nitrogens with zero attached hydrogens (tertiary/aromatic N) is 4. The van der Waals surface area contributed by atoms with E-state index in [2.05, 4.69) is 16.1 Å². The van der Waals surface area contributed by atoms with E-state index in [9.17, 15) is 9.90 Å². The second kappa shape index (κ2) is 7.12. The minimum atomic E-state index is -0.531. The predicted octanol–water partition coefficient (Wildman–Crippen LogP) is 2.69. The maximum atomic E-state index is 12.9. The first kappa shape index (κ1) is 17.7. The number of likely N-dealkylation sites (tertiary alicyclic amines) is 1. The summed E-state index contributed by atoms with van der Waals surface area (Å²) in [5.74, 6) is -0.0579. The SMILES string of the molecule is CC(C)n1nccc1C(=O)N1C[C@@H](Cc2ccnc3ccccc23)[C@@H](O)C1. The van der Waals surface area contributed by atoms with Gasteiger partial charge in [0.1, 0.15) is 5.69 Å². The quantitative estimate of drug-likeness (QED) is 0.773. The normalized spacial score (nSPS) is 19.9. The molecule has 0 unspecified atom stereocenters. The Kier molecular flexibility index (Phi) is 4.66. The maximum absolute atomic E-state index is 12.9. The van der Waals surface area contributed by atoms with Gasteiger partial charge in [-0.05, 0) is 44.0 Å². The molecule has 4 rings (SSSR count). The lowest BCUT2D eigenvalue weighted by Crippen LogP contribution is -2.31. The number of amides is 1. The molecule has 27 heavy (non-hydrogen) atoms. The fraction of sp³-hybridized carbons (Fsp3) is 0.381. The third kappa shape index (κ3) is 3.32. The number of hydrogen-bond donors (Lipinski definition) is 1. The van der Waals surface area contributed by atoms with E-state index < -0.39 is 6.10 Å². The van der Waals surface area contributed by atoms with E-state index in [1.54, 1.807) is 21.8 Å². The van der Waals surface area contributed by atoms with Crippen molar-refractivity contribution in [3.63, 3.8) is 0 Å². The number of para-hydroxylation sites is 1. The summed E-state index contributed by atoms with van der Waals surface area (Å²) in [5.41, 5.74) is 2.69. The highest BCUT2D eigenvalue weighted by Crippen LogP contribution is 2.26. The van der Waals surface area contributed by atoms with E-state index in [4.69, 9.17) is 0 Å². The monoisotopic (exact) mass is 364 g/mol. The van der Waals surface area contributed by atoms with Gasteiger partial charge in [-0.3, -0.25) is 14.5 Å². The molecule has 140 valence electrons. The topological polar surface area (TPSA) is 71.2 Å². The number of carbonyl (C=O) groups excluding carboxylic acids is 1. The second-order valence-electron chi connectivity index (χ2n) is 7.48. The van der Waals surface area contributed by atoms with Gasteiger partial charge in [-0.2, -0.15) is 5.10 Å². The molecule has 1 aromatic carbocycles. The minimum Gasteiger partial charge on any atom is -0.391 e. The molecule has 0 saturated carbocycles. The zero-order chi connectivity index (χ0) is 19.0. The molecule has 1 saturated heterocycles. The van der Waals surface area contributed by atoms with Gasteiger partial charge in [-0.15, -0.1) is 0 Å². The number of hydrogen-bond acceptors (Lipinski definition) is 4. The summed E-state index contributed by atoms with van der Waals surface area (Å²) in [6.45, 7) is 4.90. The van der Waals surface area contributed by atoms with E-state index in [0.717, 1.165) is 22.9 Å². The summed E-state index contributed by atoms with van der Waals surface area (Å²) >= 11 is 0. The van der Waals surface area contributed by atoms with Gasteiger partial charge in [0.2, 0.25) is 0 Å². The van der Waals surface area contributed by atoms with E-state index in [0.29, 0.717) is 18.8 Å². The molecule has 2 aromatic heterocycles. The summed E-state index contributed by atoms with van der Waals surface area (Å²) in [7, 11) is 0. The van der Waals surface area contributed by atoms with Crippen LogP contribution in [0.5, 0.6) is 0 Å². The molecule has 2 atom stereocenters. The van der Waals surface area contributed by atoms with E-state index >= 15 is 0 Å². The summed E-state index contributed by atoms with van der Waals surface area (Å²) in [6, 6.07) is 11.9. The Balaban J connectivity index is 1.53. The minimum absolute atomic E-state index is 0.00942. The van der Waals surface area contributed by atoms with Gasteiger partial charge < -0.3 is 10.0 Å². The van der Waals surface area contributed by atoms with E-state index in [1.807, 2.05) is 44.3 Å². The molecule has 1 fully saturated rings. The predicted molar refractivity (Wildman–Crippen MR) is 103 cm³/mol. The molecule has 0 aliphatic carbocycles. The fourth-order valence-electron chi connectivity index (χ4n) is 3.89. The molecule has 1 aliphatic rings. The number of benzene rings is 1. The number of pyridine rings is 1. The summed E-state index contributed by atoms with van der Waals surface area (Å²) in [4.78, 5) is 19.1. The lowest BCUT2D eigenvalue weighted by molar-refractivity contribution is 0.0750. The molecular formula is C21H24N4O2. The highest BCUT2D eigenvalue weighted by atomic mass is 16.3.